The van der Waals surface area contributed by atoms with Gasteiger partial charge in [0.15, 0.2) is 0 Å². The summed E-state index contributed by atoms with van der Waals surface area (Å²) in [4.78, 5) is 4.26. The van der Waals surface area contributed by atoms with E-state index in [9.17, 15) is 13.2 Å². The van der Waals surface area contributed by atoms with Gasteiger partial charge in [-0.3, -0.25) is 4.68 Å². The second-order valence-corrected chi connectivity index (χ2v) is 4.76. The van der Waals surface area contributed by atoms with Gasteiger partial charge in [0, 0.05) is 14.1 Å². The molecule has 3 aromatic rings. The molecule has 0 atom stereocenters. The summed E-state index contributed by atoms with van der Waals surface area (Å²) >= 11 is 0. The standard InChI is InChI=1S/C13H12F3N5/c1-20-10-4-3-7(13(14,15)16)5-9(10)19-12(20)8-6-18-21(2)11(8)17/h3-6H,17H2,1-2H3. The Morgan fingerprint density at radius 3 is 2.48 bits per heavy atom. The average molecular weight is 295 g/mol. The molecule has 2 N–H and O–H groups in total. The lowest BCUT2D eigenvalue weighted by Gasteiger charge is -2.05. The molecule has 0 saturated heterocycles. The van der Waals surface area contributed by atoms with Gasteiger partial charge in [0.25, 0.3) is 0 Å². The fourth-order valence-electron chi connectivity index (χ4n) is 2.24. The molecule has 2 aromatic heterocycles. The molecule has 1 aromatic carbocycles. The van der Waals surface area contributed by atoms with E-state index < -0.39 is 11.7 Å². The van der Waals surface area contributed by atoms with Gasteiger partial charge < -0.3 is 10.3 Å². The van der Waals surface area contributed by atoms with Gasteiger partial charge in [-0.05, 0) is 18.2 Å². The number of imidazole rings is 1. The Morgan fingerprint density at radius 2 is 1.90 bits per heavy atom. The summed E-state index contributed by atoms with van der Waals surface area (Å²) in [5.41, 5.74) is 6.62. The van der Waals surface area contributed by atoms with Crippen molar-refractivity contribution in [2.45, 2.75) is 6.18 Å². The number of anilines is 1. The van der Waals surface area contributed by atoms with Crippen molar-refractivity contribution in [3.05, 3.63) is 30.0 Å². The third-order valence-electron chi connectivity index (χ3n) is 3.43. The number of aromatic nitrogens is 4. The van der Waals surface area contributed by atoms with E-state index >= 15 is 0 Å². The van der Waals surface area contributed by atoms with Crippen LogP contribution < -0.4 is 5.73 Å². The van der Waals surface area contributed by atoms with E-state index in [0.717, 1.165) is 12.1 Å². The molecule has 0 fully saturated rings. The number of hydrogen-bond acceptors (Lipinski definition) is 3. The first-order valence-electron chi connectivity index (χ1n) is 6.10. The molecule has 110 valence electrons. The molecule has 3 rings (SSSR count). The largest absolute Gasteiger partial charge is 0.416 e. The zero-order chi connectivity index (χ0) is 15.4. The van der Waals surface area contributed by atoms with Gasteiger partial charge in [0.1, 0.15) is 11.6 Å². The number of rotatable bonds is 1. The van der Waals surface area contributed by atoms with Crippen LogP contribution in [-0.2, 0) is 20.3 Å². The van der Waals surface area contributed by atoms with Crippen molar-refractivity contribution >= 4 is 16.9 Å². The maximum atomic E-state index is 12.7. The molecule has 5 nitrogen and oxygen atoms in total. The van der Waals surface area contributed by atoms with Gasteiger partial charge in [-0.2, -0.15) is 18.3 Å². The van der Waals surface area contributed by atoms with Crippen LogP contribution in [0.5, 0.6) is 0 Å². The minimum absolute atomic E-state index is 0.269. The van der Waals surface area contributed by atoms with Crippen LogP contribution in [0.2, 0.25) is 0 Å². The molecule has 2 heterocycles. The maximum Gasteiger partial charge on any atom is 0.416 e. The molecule has 0 saturated carbocycles. The Bertz CT molecular complexity index is 828. The van der Waals surface area contributed by atoms with Crippen molar-refractivity contribution in [2.75, 3.05) is 5.73 Å². The van der Waals surface area contributed by atoms with Crippen LogP contribution in [-0.4, -0.2) is 19.3 Å². The summed E-state index contributed by atoms with van der Waals surface area (Å²) in [7, 11) is 3.41. The Morgan fingerprint density at radius 1 is 1.19 bits per heavy atom. The fourth-order valence-corrected chi connectivity index (χ4v) is 2.24. The van der Waals surface area contributed by atoms with Gasteiger partial charge in [-0.1, -0.05) is 0 Å². The lowest BCUT2D eigenvalue weighted by molar-refractivity contribution is -0.137. The van der Waals surface area contributed by atoms with E-state index in [4.69, 9.17) is 5.73 Å². The van der Waals surface area contributed by atoms with Gasteiger partial charge in [-0.15, -0.1) is 0 Å². The predicted molar refractivity (Wildman–Crippen MR) is 72.3 cm³/mol. The Hall–Kier alpha value is -2.51. The molecule has 0 amide bonds. The number of nitrogens with two attached hydrogens (primary N) is 1. The van der Waals surface area contributed by atoms with Crippen LogP contribution in [0.4, 0.5) is 19.0 Å². The monoisotopic (exact) mass is 295 g/mol. The summed E-state index contributed by atoms with van der Waals surface area (Å²) < 4.78 is 41.4. The Balaban J connectivity index is 2.22. The molecular weight excluding hydrogens is 283 g/mol. The van der Waals surface area contributed by atoms with Crippen LogP contribution in [0, 0.1) is 0 Å². The van der Waals surface area contributed by atoms with E-state index in [-0.39, 0.29) is 5.52 Å². The highest BCUT2D eigenvalue weighted by atomic mass is 19.4. The SMILES string of the molecule is Cn1ncc(-c2nc3cc(C(F)(F)F)ccc3n2C)c1N. The van der Waals surface area contributed by atoms with E-state index in [1.165, 1.54) is 10.7 Å². The van der Waals surface area contributed by atoms with Gasteiger partial charge in [-0.25, -0.2) is 4.98 Å². The fraction of sp³-hybridized carbons (Fsp3) is 0.231. The molecule has 0 radical (unpaired) electrons. The number of nitrogen functional groups attached to an aromatic ring is 1. The topological polar surface area (TPSA) is 61.7 Å². The maximum absolute atomic E-state index is 12.7. The second-order valence-electron chi connectivity index (χ2n) is 4.76. The van der Waals surface area contributed by atoms with Crippen molar-refractivity contribution in [2.24, 2.45) is 14.1 Å². The lowest BCUT2D eigenvalue weighted by Crippen LogP contribution is -2.04. The van der Waals surface area contributed by atoms with Crippen LogP contribution in [0.25, 0.3) is 22.4 Å². The molecule has 0 aliphatic carbocycles. The highest BCUT2D eigenvalue weighted by Gasteiger charge is 2.31. The molecule has 8 heteroatoms. The van der Waals surface area contributed by atoms with Crippen molar-refractivity contribution in [3.8, 4) is 11.4 Å². The summed E-state index contributed by atoms with van der Waals surface area (Å²) in [5, 5.41) is 4.02. The van der Waals surface area contributed by atoms with E-state index in [0.29, 0.717) is 22.7 Å². The van der Waals surface area contributed by atoms with Gasteiger partial charge in [0.05, 0.1) is 28.4 Å². The minimum atomic E-state index is -4.39. The highest BCUT2D eigenvalue weighted by Crippen LogP contribution is 2.33. The lowest BCUT2D eigenvalue weighted by atomic mass is 10.2. The summed E-state index contributed by atoms with van der Waals surface area (Å²) in [6.07, 6.45) is -2.85. The van der Waals surface area contributed by atoms with E-state index in [1.807, 2.05) is 0 Å². The number of hydrogen-bond donors (Lipinski definition) is 1. The Kier molecular flexibility index (Phi) is 2.72. The molecule has 0 unspecified atom stereocenters. The molecule has 0 spiro atoms. The van der Waals surface area contributed by atoms with E-state index in [2.05, 4.69) is 10.1 Å². The summed E-state index contributed by atoms with van der Waals surface area (Å²) in [5.74, 6) is 0.888. The summed E-state index contributed by atoms with van der Waals surface area (Å²) in [6.45, 7) is 0. The first kappa shape index (κ1) is 13.5. The first-order chi connectivity index (χ1) is 9.79. The minimum Gasteiger partial charge on any atom is -0.383 e. The number of aryl methyl sites for hydroxylation is 2. The highest BCUT2D eigenvalue weighted by molar-refractivity contribution is 5.83. The average Bonchev–Trinajstić information content (AvgIpc) is 2.90. The molecule has 0 aliphatic rings. The van der Waals surface area contributed by atoms with Gasteiger partial charge >= 0.3 is 6.18 Å². The number of fused-ring (bicyclic) bond motifs is 1. The number of alkyl halides is 3. The summed E-state index contributed by atoms with van der Waals surface area (Å²) in [6, 6.07) is 3.48. The molecular formula is C13H12F3N5. The quantitative estimate of drug-likeness (QED) is 0.750. The third kappa shape index (κ3) is 2.03. The van der Waals surface area contributed by atoms with Crippen LogP contribution in [0.1, 0.15) is 5.56 Å². The smallest absolute Gasteiger partial charge is 0.383 e. The normalized spacial score (nSPS) is 12.2. The predicted octanol–water partition coefficient (Wildman–Crippen LogP) is 2.57. The third-order valence-corrected chi connectivity index (χ3v) is 3.43. The van der Waals surface area contributed by atoms with Crippen molar-refractivity contribution in [3.63, 3.8) is 0 Å². The molecule has 21 heavy (non-hydrogen) atoms. The zero-order valence-corrected chi connectivity index (χ0v) is 11.3. The van der Waals surface area contributed by atoms with Crippen molar-refractivity contribution in [1.82, 2.24) is 19.3 Å². The van der Waals surface area contributed by atoms with Crippen LogP contribution >= 0.6 is 0 Å². The zero-order valence-electron chi connectivity index (χ0n) is 11.3. The van der Waals surface area contributed by atoms with Crippen LogP contribution in [0.15, 0.2) is 24.4 Å². The molecule has 0 bridgehead atoms. The molecule has 0 aliphatic heterocycles. The van der Waals surface area contributed by atoms with Gasteiger partial charge in [0.2, 0.25) is 0 Å². The second kappa shape index (κ2) is 4.24. The first-order valence-corrected chi connectivity index (χ1v) is 6.10. The Labute approximate surface area is 117 Å². The number of benzene rings is 1. The van der Waals surface area contributed by atoms with Crippen molar-refractivity contribution < 1.29 is 13.2 Å². The number of halogens is 3. The number of nitrogens with zero attached hydrogens (tertiary/aromatic N) is 4. The van der Waals surface area contributed by atoms with Crippen molar-refractivity contribution in [1.29, 1.82) is 0 Å². The van der Waals surface area contributed by atoms with Crippen LogP contribution in [0.3, 0.4) is 0 Å². The van der Waals surface area contributed by atoms with E-state index in [1.54, 1.807) is 24.9 Å².